The summed E-state index contributed by atoms with van der Waals surface area (Å²) in [5.74, 6) is -0.557. The molecule has 0 aliphatic rings. The summed E-state index contributed by atoms with van der Waals surface area (Å²) in [5, 5.41) is 24.4. The molecule has 2 aromatic carbocycles. The van der Waals surface area contributed by atoms with Gasteiger partial charge < -0.3 is 15.9 Å². The van der Waals surface area contributed by atoms with Crippen molar-refractivity contribution in [2.24, 2.45) is 10.8 Å². The van der Waals surface area contributed by atoms with Crippen LogP contribution in [-0.4, -0.2) is 22.5 Å². The second kappa shape index (κ2) is 4.62. The Bertz CT molecular complexity index is 638. The highest BCUT2D eigenvalue weighted by atomic mass is 16.3. The second-order valence-electron chi connectivity index (χ2n) is 3.61. The van der Waals surface area contributed by atoms with Crippen molar-refractivity contribution >= 4 is 23.0 Å². The van der Waals surface area contributed by atoms with Gasteiger partial charge in [0.15, 0.2) is 11.5 Å². The number of phenols is 2. The predicted octanol–water partition coefficient (Wildman–Crippen LogP) is 1.25. The van der Waals surface area contributed by atoms with Crippen LogP contribution in [0.5, 0.6) is 11.5 Å². The molecule has 0 spiro atoms. The molecule has 0 saturated carbocycles. The van der Waals surface area contributed by atoms with E-state index in [4.69, 9.17) is 5.73 Å². The minimum absolute atomic E-state index is 0.255. The van der Waals surface area contributed by atoms with Crippen molar-refractivity contribution in [3.8, 4) is 11.5 Å². The quantitative estimate of drug-likeness (QED) is 0.363. The molecule has 6 heteroatoms. The number of nitrogens with one attached hydrogen (secondary N) is 1. The Morgan fingerprint density at radius 1 is 1.33 bits per heavy atom. The molecule has 6 nitrogen and oxygen atoms in total. The number of primary amides is 1. The van der Waals surface area contributed by atoms with Crippen LogP contribution in [0.1, 0.15) is 5.56 Å². The van der Waals surface area contributed by atoms with Gasteiger partial charge >= 0.3 is 6.03 Å². The molecule has 0 bridgehead atoms. The van der Waals surface area contributed by atoms with E-state index in [-0.39, 0.29) is 11.5 Å². The molecule has 0 atom stereocenters. The molecule has 5 N–H and O–H groups in total. The summed E-state index contributed by atoms with van der Waals surface area (Å²) in [6, 6.07) is 7.78. The summed E-state index contributed by atoms with van der Waals surface area (Å²) < 4.78 is 0. The van der Waals surface area contributed by atoms with E-state index in [0.29, 0.717) is 10.9 Å². The smallest absolute Gasteiger partial charge is 0.332 e. The average Bonchev–Trinajstić information content (AvgIpc) is 2.33. The Hall–Kier alpha value is -2.76. The summed E-state index contributed by atoms with van der Waals surface area (Å²) in [5.41, 5.74) is 7.19. The molecule has 18 heavy (non-hydrogen) atoms. The number of fused-ring (bicyclic) bond motifs is 1. The molecule has 0 radical (unpaired) electrons. The number of hydrazone groups is 1. The van der Waals surface area contributed by atoms with Crippen LogP contribution in [0, 0.1) is 0 Å². The number of aromatic hydroxyl groups is 2. The van der Waals surface area contributed by atoms with E-state index in [1.807, 2.05) is 5.43 Å². The van der Waals surface area contributed by atoms with E-state index in [1.54, 1.807) is 24.3 Å². The number of nitrogens with zero attached hydrogens (tertiary/aromatic N) is 1. The lowest BCUT2D eigenvalue weighted by molar-refractivity contribution is 0.249. The van der Waals surface area contributed by atoms with Gasteiger partial charge in [-0.2, -0.15) is 5.10 Å². The molecule has 0 saturated heterocycles. The zero-order valence-corrected chi connectivity index (χ0v) is 9.29. The van der Waals surface area contributed by atoms with Crippen molar-refractivity contribution in [1.82, 2.24) is 5.43 Å². The van der Waals surface area contributed by atoms with Gasteiger partial charge in [0.25, 0.3) is 0 Å². The van der Waals surface area contributed by atoms with Crippen molar-refractivity contribution < 1.29 is 15.0 Å². The standard InChI is InChI=1S/C12H11N3O3/c13-12(18)15-14-6-9-8-4-2-1-3-7(8)5-10(16)11(9)17/h1-6,16-17H,(H3,13,15,18)/b14-6+. The first-order chi connectivity index (χ1) is 8.59. The van der Waals surface area contributed by atoms with Gasteiger partial charge in [-0.3, -0.25) is 0 Å². The van der Waals surface area contributed by atoms with Crippen molar-refractivity contribution in [3.63, 3.8) is 0 Å². The SMILES string of the molecule is NC(=O)N/N=C/c1c(O)c(O)cc2ccccc12. The van der Waals surface area contributed by atoms with E-state index >= 15 is 0 Å². The van der Waals surface area contributed by atoms with Crippen molar-refractivity contribution in [2.45, 2.75) is 0 Å². The molecular weight excluding hydrogens is 234 g/mol. The molecule has 92 valence electrons. The molecule has 0 fully saturated rings. The first-order valence-corrected chi connectivity index (χ1v) is 5.12. The van der Waals surface area contributed by atoms with Gasteiger partial charge in [0.2, 0.25) is 0 Å². The molecule has 2 amide bonds. The Morgan fingerprint density at radius 2 is 2.06 bits per heavy atom. The van der Waals surface area contributed by atoms with Gasteiger partial charge in [-0.05, 0) is 16.8 Å². The minimum Gasteiger partial charge on any atom is -0.504 e. The molecule has 0 aliphatic carbocycles. The van der Waals surface area contributed by atoms with E-state index in [1.165, 1.54) is 12.3 Å². The number of urea groups is 1. The van der Waals surface area contributed by atoms with Gasteiger partial charge in [-0.1, -0.05) is 24.3 Å². The Kier molecular flexibility index (Phi) is 3.01. The minimum atomic E-state index is -0.810. The average molecular weight is 245 g/mol. The Morgan fingerprint density at radius 3 is 2.78 bits per heavy atom. The van der Waals surface area contributed by atoms with Crippen LogP contribution in [0.15, 0.2) is 35.4 Å². The summed E-state index contributed by atoms with van der Waals surface area (Å²) in [6.07, 6.45) is 1.22. The largest absolute Gasteiger partial charge is 0.504 e. The molecule has 2 aromatic rings. The third-order valence-electron chi connectivity index (χ3n) is 2.41. The van der Waals surface area contributed by atoms with Crippen LogP contribution < -0.4 is 11.2 Å². The number of amides is 2. The number of carbonyl (C=O) groups excluding carboxylic acids is 1. The number of nitrogens with two attached hydrogens (primary N) is 1. The number of carbonyl (C=O) groups is 1. The van der Waals surface area contributed by atoms with Crippen LogP contribution in [-0.2, 0) is 0 Å². The molecule has 0 unspecified atom stereocenters. The molecule has 2 rings (SSSR count). The third kappa shape index (κ3) is 2.17. The monoisotopic (exact) mass is 245 g/mol. The predicted molar refractivity (Wildman–Crippen MR) is 67.6 cm³/mol. The van der Waals surface area contributed by atoms with Crippen LogP contribution in [0.4, 0.5) is 4.79 Å². The highest BCUT2D eigenvalue weighted by Crippen LogP contribution is 2.34. The lowest BCUT2D eigenvalue weighted by atomic mass is 10.0. The maximum atomic E-state index is 10.5. The highest BCUT2D eigenvalue weighted by Gasteiger charge is 2.10. The fourth-order valence-corrected chi connectivity index (χ4v) is 1.64. The van der Waals surface area contributed by atoms with Crippen LogP contribution in [0.25, 0.3) is 10.8 Å². The third-order valence-corrected chi connectivity index (χ3v) is 2.41. The van der Waals surface area contributed by atoms with Crippen molar-refractivity contribution in [2.75, 3.05) is 0 Å². The molecule has 0 aromatic heterocycles. The first-order valence-electron chi connectivity index (χ1n) is 5.12. The normalized spacial score (nSPS) is 10.9. The van der Waals surface area contributed by atoms with Crippen LogP contribution in [0.2, 0.25) is 0 Å². The summed E-state index contributed by atoms with van der Waals surface area (Å²) >= 11 is 0. The van der Waals surface area contributed by atoms with E-state index in [9.17, 15) is 15.0 Å². The lowest BCUT2D eigenvalue weighted by Gasteiger charge is -2.06. The maximum Gasteiger partial charge on any atom is 0.332 e. The van der Waals surface area contributed by atoms with Gasteiger partial charge in [0.1, 0.15) is 0 Å². The van der Waals surface area contributed by atoms with Gasteiger partial charge in [-0.25, -0.2) is 10.2 Å². The Labute approximate surface area is 102 Å². The summed E-state index contributed by atoms with van der Waals surface area (Å²) in [6.45, 7) is 0. The summed E-state index contributed by atoms with van der Waals surface area (Å²) in [7, 11) is 0. The first kappa shape index (κ1) is 11.7. The Balaban J connectivity index is 2.56. The van der Waals surface area contributed by atoms with E-state index in [2.05, 4.69) is 5.10 Å². The zero-order valence-electron chi connectivity index (χ0n) is 9.29. The van der Waals surface area contributed by atoms with Crippen molar-refractivity contribution in [1.29, 1.82) is 0 Å². The fraction of sp³-hybridized carbons (Fsp3) is 0. The number of phenolic OH excluding ortho intramolecular Hbond substituents is 2. The van der Waals surface area contributed by atoms with Gasteiger partial charge in [-0.15, -0.1) is 0 Å². The second-order valence-corrected chi connectivity index (χ2v) is 3.61. The number of hydrogen-bond donors (Lipinski definition) is 4. The number of rotatable bonds is 2. The highest BCUT2D eigenvalue weighted by molar-refractivity contribution is 6.03. The van der Waals surface area contributed by atoms with Gasteiger partial charge in [0.05, 0.1) is 6.21 Å². The van der Waals surface area contributed by atoms with E-state index < -0.39 is 6.03 Å². The lowest BCUT2D eigenvalue weighted by Crippen LogP contribution is -2.24. The number of hydrogen-bond acceptors (Lipinski definition) is 4. The topological polar surface area (TPSA) is 108 Å². The zero-order chi connectivity index (χ0) is 13.1. The van der Waals surface area contributed by atoms with E-state index in [0.717, 1.165) is 5.39 Å². The molecule has 0 heterocycles. The molecular formula is C12H11N3O3. The maximum absolute atomic E-state index is 10.5. The summed E-state index contributed by atoms with van der Waals surface area (Å²) in [4.78, 5) is 10.5. The van der Waals surface area contributed by atoms with Crippen LogP contribution in [0.3, 0.4) is 0 Å². The van der Waals surface area contributed by atoms with Crippen molar-refractivity contribution in [3.05, 3.63) is 35.9 Å². The molecule has 0 aliphatic heterocycles. The number of benzene rings is 2. The van der Waals surface area contributed by atoms with Gasteiger partial charge in [0, 0.05) is 5.56 Å². The fourth-order valence-electron chi connectivity index (χ4n) is 1.64. The van der Waals surface area contributed by atoms with Crippen LogP contribution >= 0.6 is 0 Å².